The molecule has 2 rings (SSSR count). The fourth-order valence-corrected chi connectivity index (χ4v) is 2.11. The zero-order valence-corrected chi connectivity index (χ0v) is 14.0. The highest BCUT2D eigenvalue weighted by molar-refractivity contribution is 6.31. The number of carbonyl (C=O) groups excluding carboxylic acids is 2. The van der Waals surface area contributed by atoms with Crippen LogP contribution in [0.3, 0.4) is 0 Å². The first kappa shape index (κ1) is 18.4. The summed E-state index contributed by atoms with van der Waals surface area (Å²) in [4.78, 5) is 23.8. The molecule has 25 heavy (non-hydrogen) atoms. The first-order valence-electron chi connectivity index (χ1n) is 7.22. The highest BCUT2D eigenvalue weighted by Gasteiger charge is 2.12. The Bertz CT molecular complexity index is 840. The Balaban J connectivity index is 1.93. The molecule has 0 saturated heterocycles. The average molecular weight is 364 g/mol. The highest BCUT2D eigenvalue weighted by Crippen LogP contribution is 2.21. The molecule has 6 nitrogen and oxygen atoms in total. The van der Waals surface area contributed by atoms with Gasteiger partial charge in [-0.2, -0.15) is 5.10 Å². The van der Waals surface area contributed by atoms with Crippen LogP contribution in [-0.2, 0) is 4.79 Å². The average Bonchev–Trinajstić information content (AvgIpc) is 2.54. The number of anilines is 1. The van der Waals surface area contributed by atoms with E-state index < -0.39 is 17.6 Å². The summed E-state index contributed by atoms with van der Waals surface area (Å²) in [5.41, 5.74) is 2.85. The van der Waals surface area contributed by atoms with Gasteiger partial charge in [0.2, 0.25) is 5.91 Å². The first-order valence-corrected chi connectivity index (χ1v) is 7.60. The lowest BCUT2D eigenvalue weighted by Crippen LogP contribution is -2.21. The smallest absolute Gasteiger partial charge is 0.275 e. The van der Waals surface area contributed by atoms with Crippen molar-refractivity contribution in [2.45, 2.75) is 13.3 Å². The van der Waals surface area contributed by atoms with Crippen LogP contribution >= 0.6 is 11.6 Å². The maximum atomic E-state index is 13.1. The van der Waals surface area contributed by atoms with E-state index in [0.717, 1.165) is 0 Å². The van der Waals surface area contributed by atoms with Gasteiger partial charge >= 0.3 is 0 Å². The minimum atomic E-state index is -0.662. The summed E-state index contributed by atoms with van der Waals surface area (Å²) < 4.78 is 13.1. The number of rotatable bonds is 5. The fourth-order valence-electron chi connectivity index (χ4n) is 1.94. The third-order valence-electron chi connectivity index (χ3n) is 3.08. The van der Waals surface area contributed by atoms with Gasteiger partial charge < -0.3 is 10.4 Å². The molecule has 0 fully saturated rings. The van der Waals surface area contributed by atoms with Gasteiger partial charge in [0, 0.05) is 16.4 Å². The minimum Gasteiger partial charge on any atom is -0.507 e. The number of phenolic OH excluding ortho intramolecular Hbond substituents is 1. The van der Waals surface area contributed by atoms with E-state index in [1.165, 1.54) is 36.4 Å². The Morgan fingerprint density at radius 3 is 2.72 bits per heavy atom. The maximum Gasteiger partial charge on any atom is 0.275 e. The van der Waals surface area contributed by atoms with Gasteiger partial charge in [-0.1, -0.05) is 17.7 Å². The molecular formula is C17H15ClFN3O3. The van der Waals surface area contributed by atoms with Crippen molar-refractivity contribution < 1.29 is 19.1 Å². The summed E-state index contributed by atoms with van der Waals surface area (Å²) in [5.74, 6) is -1.77. The van der Waals surface area contributed by atoms with Crippen LogP contribution in [0.15, 0.2) is 47.6 Å². The van der Waals surface area contributed by atoms with Crippen molar-refractivity contribution in [3.8, 4) is 5.75 Å². The Hall–Kier alpha value is -2.93. The standard InChI is InChI=1S/C17H15ClFN3O3/c1-10(7-16(24)20-13-4-2-3-12(19)9-13)21-22-17(25)14-8-11(18)5-6-15(14)23/h2-6,8-9,23H,7H2,1H3,(H,20,24)(H,22,25)/b21-10-. The lowest BCUT2D eigenvalue weighted by molar-refractivity contribution is -0.115. The van der Waals surface area contributed by atoms with Crippen LogP contribution in [0.5, 0.6) is 5.75 Å². The number of carbonyl (C=O) groups is 2. The molecule has 0 aromatic heterocycles. The van der Waals surface area contributed by atoms with Crippen molar-refractivity contribution in [3.63, 3.8) is 0 Å². The van der Waals surface area contributed by atoms with Crippen molar-refractivity contribution >= 4 is 34.8 Å². The summed E-state index contributed by atoms with van der Waals surface area (Å²) in [5, 5.41) is 16.2. The molecule has 130 valence electrons. The zero-order valence-electron chi connectivity index (χ0n) is 13.2. The Morgan fingerprint density at radius 2 is 2.00 bits per heavy atom. The number of hydrazone groups is 1. The summed E-state index contributed by atoms with van der Waals surface area (Å²) in [6, 6.07) is 9.52. The molecular weight excluding hydrogens is 349 g/mol. The SMILES string of the molecule is C/C(CC(=O)Nc1cccc(F)c1)=N/NC(=O)c1cc(Cl)ccc1O. The highest BCUT2D eigenvalue weighted by atomic mass is 35.5. The molecule has 8 heteroatoms. The number of halogens is 2. The second-order valence-corrected chi connectivity index (χ2v) is 5.62. The van der Waals surface area contributed by atoms with Gasteiger partial charge in [-0.25, -0.2) is 9.82 Å². The second-order valence-electron chi connectivity index (χ2n) is 5.18. The van der Waals surface area contributed by atoms with Crippen LogP contribution < -0.4 is 10.7 Å². The molecule has 0 bridgehead atoms. The lowest BCUT2D eigenvalue weighted by Gasteiger charge is -2.06. The second kappa shape index (κ2) is 8.25. The van der Waals surface area contributed by atoms with Crippen molar-refractivity contribution in [2.75, 3.05) is 5.32 Å². The van der Waals surface area contributed by atoms with Crippen LogP contribution in [0, 0.1) is 5.82 Å². The van der Waals surface area contributed by atoms with Gasteiger partial charge in [0.25, 0.3) is 5.91 Å². The van der Waals surface area contributed by atoms with E-state index in [-0.39, 0.29) is 22.8 Å². The quantitative estimate of drug-likeness (QED) is 0.562. The van der Waals surface area contributed by atoms with Crippen LogP contribution in [0.1, 0.15) is 23.7 Å². The molecule has 0 aliphatic heterocycles. The Kier molecular flexibility index (Phi) is 6.08. The number of nitrogens with zero attached hydrogens (tertiary/aromatic N) is 1. The molecule has 0 atom stereocenters. The van der Waals surface area contributed by atoms with Crippen LogP contribution in [0.25, 0.3) is 0 Å². The predicted octanol–water partition coefficient (Wildman–Crippen LogP) is 3.32. The lowest BCUT2D eigenvalue weighted by atomic mass is 10.2. The predicted molar refractivity (Wildman–Crippen MR) is 93.3 cm³/mol. The summed E-state index contributed by atoms with van der Waals surface area (Å²) in [6.07, 6.45) is -0.0989. The van der Waals surface area contributed by atoms with Crippen LogP contribution in [0.4, 0.5) is 10.1 Å². The van der Waals surface area contributed by atoms with Gasteiger partial charge in [0.1, 0.15) is 11.6 Å². The van der Waals surface area contributed by atoms with Gasteiger partial charge in [-0.05, 0) is 43.3 Å². The minimum absolute atomic E-state index is 0.0340. The zero-order chi connectivity index (χ0) is 18.4. The van der Waals surface area contributed by atoms with Gasteiger partial charge in [0.05, 0.1) is 12.0 Å². The van der Waals surface area contributed by atoms with E-state index in [2.05, 4.69) is 15.8 Å². The van der Waals surface area contributed by atoms with E-state index in [1.807, 2.05) is 0 Å². The number of aromatic hydroxyl groups is 1. The molecule has 2 aromatic carbocycles. The number of nitrogens with one attached hydrogen (secondary N) is 2. The largest absolute Gasteiger partial charge is 0.507 e. The molecule has 0 saturated carbocycles. The van der Waals surface area contributed by atoms with Crippen molar-refractivity contribution in [1.29, 1.82) is 0 Å². The van der Waals surface area contributed by atoms with Gasteiger partial charge in [-0.15, -0.1) is 0 Å². The van der Waals surface area contributed by atoms with E-state index in [9.17, 15) is 19.1 Å². The number of hydrogen-bond donors (Lipinski definition) is 3. The molecule has 0 aliphatic rings. The Labute approximate surface area is 148 Å². The van der Waals surface area contributed by atoms with Crippen molar-refractivity contribution in [3.05, 3.63) is 58.9 Å². The van der Waals surface area contributed by atoms with Crippen LogP contribution in [-0.4, -0.2) is 22.6 Å². The normalized spacial score (nSPS) is 11.1. The van der Waals surface area contributed by atoms with Crippen molar-refractivity contribution in [2.24, 2.45) is 5.10 Å². The van der Waals surface area contributed by atoms with E-state index in [1.54, 1.807) is 13.0 Å². The monoisotopic (exact) mass is 363 g/mol. The molecule has 3 N–H and O–H groups in total. The number of benzene rings is 2. The Morgan fingerprint density at radius 1 is 1.24 bits per heavy atom. The molecule has 0 aliphatic carbocycles. The summed E-state index contributed by atoms with van der Waals surface area (Å²) in [6.45, 7) is 1.54. The number of phenols is 1. The van der Waals surface area contributed by atoms with E-state index in [0.29, 0.717) is 11.4 Å². The molecule has 2 aromatic rings. The van der Waals surface area contributed by atoms with Gasteiger partial charge in [0.15, 0.2) is 0 Å². The van der Waals surface area contributed by atoms with E-state index in [4.69, 9.17) is 11.6 Å². The topological polar surface area (TPSA) is 90.8 Å². The summed E-state index contributed by atoms with van der Waals surface area (Å²) >= 11 is 5.77. The van der Waals surface area contributed by atoms with Crippen molar-refractivity contribution in [1.82, 2.24) is 5.43 Å². The third kappa shape index (κ3) is 5.58. The summed E-state index contributed by atoms with van der Waals surface area (Å²) in [7, 11) is 0. The van der Waals surface area contributed by atoms with E-state index >= 15 is 0 Å². The molecule has 0 heterocycles. The number of amides is 2. The van der Waals surface area contributed by atoms with Gasteiger partial charge in [-0.3, -0.25) is 9.59 Å². The molecule has 0 unspecified atom stereocenters. The van der Waals surface area contributed by atoms with Crippen LogP contribution in [0.2, 0.25) is 5.02 Å². The molecule has 2 amide bonds. The molecule has 0 radical (unpaired) electrons. The third-order valence-corrected chi connectivity index (χ3v) is 3.31. The fraction of sp³-hybridized carbons (Fsp3) is 0.118. The first-order chi connectivity index (χ1) is 11.8. The molecule has 0 spiro atoms. The number of hydrogen-bond acceptors (Lipinski definition) is 4. The maximum absolute atomic E-state index is 13.1.